The van der Waals surface area contributed by atoms with Gasteiger partial charge >= 0.3 is 0 Å². The van der Waals surface area contributed by atoms with Crippen LogP contribution in [0.25, 0.3) is 0 Å². The fourth-order valence-corrected chi connectivity index (χ4v) is 1.36. The van der Waals surface area contributed by atoms with E-state index in [2.05, 4.69) is 0 Å². The molecular formula is C11H12O3. The van der Waals surface area contributed by atoms with Crippen molar-refractivity contribution in [3.8, 4) is 0 Å². The number of hydrogen-bond acceptors (Lipinski definition) is 3. The van der Waals surface area contributed by atoms with E-state index in [4.69, 9.17) is 9.47 Å². The van der Waals surface area contributed by atoms with E-state index in [1.807, 2.05) is 30.3 Å². The Morgan fingerprint density at radius 2 is 2.14 bits per heavy atom. The molecule has 0 aliphatic carbocycles. The van der Waals surface area contributed by atoms with Gasteiger partial charge in [-0.2, -0.15) is 0 Å². The average Bonchev–Trinajstić information content (AvgIpc) is 2.63. The maximum atomic E-state index is 11.1. The summed E-state index contributed by atoms with van der Waals surface area (Å²) < 4.78 is 10.4. The molecule has 0 spiro atoms. The Kier molecular flexibility index (Phi) is 2.91. The van der Waals surface area contributed by atoms with Crippen LogP contribution >= 0.6 is 0 Å². The summed E-state index contributed by atoms with van der Waals surface area (Å²) in [4.78, 5) is 11.1. The number of hydrogen-bond donors (Lipinski definition) is 0. The van der Waals surface area contributed by atoms with Crippen molar-refractivity contribution in [2.24, 2.45) is 0 Å². The monoisotopic (exact) mass is 192 g/mol. The van der Waals surface area contributed by atoms with E-state index < -0.39 is 0 Å². The zero-order valence-electron chi connectivity index (χ0n) is 7.81. The minimum Gasteiger partial charge on any atom is -0.370 e. The molecule has 0 unspecified atom stereocenters. The van der Waals surface area contributed by atoms with Crippen LogP contribution in [0.3, 0.4) is 0 Å². The highest BCUT2D eigenvalue weighted by molar-refractivity contribution is 5.85. The molecular weight excluding hydrogens is 180 g/mol. The van der Waals surface area contributed by atoms with Crippen LogP contribution < -0.4 is 0 Å². The van der Waals surface area contributed by atoms with Crippen LogP contribution in [0.5, 0.6) is 0 Å². The first-order valence-electron chi connectivity index (χ1n) is 4.62. The van der Waals surface area contributed by atoms with E-state index in [0.717, 1.165) is 5.56 Å². The molecule has 3 heteroatoms. The number of carbonyl (C=O) groups is 1. The maximum Gasteiger partial charge on any atom is 0.189 e. The average molecular weight is 192 g/mol. The first kappa shape index (κ1) is 9.37. The zero-order chi connectivity index (χ0) is 9.80. The fraction of sp³-hybridized carbons (Fsp3) is 0.364. The lowest BCUT2D eigenvalue weighted by molar-refractivity contribution is -0.126. The van der Waals surface area contributed by atoms with Crippen molar-refractivity contribution in [1.82, 2.24) is 0 Å². The maximum absolute atomic E-state index is 11.1. The van der Waals surface area contributed by atoms with Crippen molar-refractivity contribution in [2.75, 3.05) is 13.2 Å². The van der Waals surface area contributed by atoms with Gasteiger partial charge in [0, 0.05) is 0 Å². The molecule has 1 saturated heterocycles. The molecule has 14 heavy (non-hydrogen) atoms. The van der Waals surface area contributed by atoms with Crippen LogP contribution in [-0.4, -0.2) is 25.1 Å². The van der Waals surface area contributed by atoms with E-state index in [-0.39, 0.29) is 18.5 Å². The standard InChI is InChI=1S/C11H12O3/c12-10-7-13-8-11(10)14-6-9-4-2-1-3-5-9/h1-5,11H,6-8H2/t11-/m0/s1. The summed E-state index contributed by atoms with van der Waals surface area (Å²) in [6, 6.07) is 9.80. The van der Waals surface area contributed by atoms with E-state index in [0.29, 0.717) is 13.2 Å². The Labute approximate surface area is 82.6 Å². The van der Waals surface area contributed by atoms with Crippen molar-refractivity contribution in [2.45, 2.75) is 12.7 Å². The second kappa shape index (κ2) is 4.35. The molecule has 3 nitrogen and oxygen atoms in total. The highest BCUT2D eigenvalue weighted by Crippen LogP contribution is 2.08. The van der Waals surface area contributed by atoms with E-state index >= 15 is 0 Å². The van der Waals surface area contributed by atoms with Gasteiger partial charge in [0.25, 0.3) is 0 Å². The molecule has 1 aliphatic rings. The smallest absolute Gasteiger partial charge is 0.189 e. The molecule has 0 bridgehead atoms. The molecule has 1 aromatic rings. The molecule has 0 aromatic heterocycles. The van der Waals surface area contributed by atoms with Gasteiger partial charge in [0.15, 0.2) is 5.78 Å². The van der Waals surface area contributed by atoms with Crippen LogP contribution in [0.15, 0.2) is 30.3 Å². The molecule has 0 N–H and O–H groups in total. The molecule has 1 fully saturated rings. The van der Waals surface area contributed by atoms with Gasteiger partial charge in [0.05, 0.1) is 13.2 Å². The van der Waals surface area contributed by atoms with Gasteiger partial charge in [-0.3, -0.25) is 4.79 Å². The van der Waals surface area contributed by atoms with Gasteiger partial charge in [-0.25, -0.2) is 0 Å². The number of benzene rings is 1. The number of ether oxygens (including phenoxy) is 2. The highest BCUT2D eigenvalue weighted by Gasteiger charge is 2.25. The Morgan fingerprint density at radius 3 is 2.79 bits per heavy atom. The minimum atomic E-state index is -0.366. The van der Waals surface area contributed by atoms with Crippen molar-refractivity contribution < 1.29 is 14.3 Å². The van der Waals surface area contributed by atoms with Gasteiger partial charge in [0.2, 0.25) is 0 Å². The first-order chi connectivity index (χ1) is 6.86. The van der Waals surface area contributed by atoms with Crippen molar-refractivity contribution in [3.63, 3.8) is 0 Å². The number of carbonyl (C=O) groups excluding carboxylic acids is 1. The molecule has 2 rings (SSSR count). The Bertz CT molecular complexity index is 308. The third-order valence-corrected chi connectivity index (χ3v) is 2.17. The quantitative estimate of drug-likeness (QED) is 0.721. The van der Waals surface area contributed by atoms with Crippen LogP contribution in [0.1, 0.15) is 5.56 Å². The number of ketones is 1. The van der Waals surface area contributed by atoms with Crippen LogP contribution in [-0.2, 0) is 20.9 Å². The van der Waals surface area contributed by atoms with Gasteiger partial charge in [-0.15, -0.1) is 0 Å². The Hall–Kier alpha value is -1.19. The molecule has 0 saturated carbocycles. The van der Waals surface area contributed by atoms with Crippen LogP contribution in [0.4, 0.5) is 0 Å². The van der Waals surface area contributed by atoms with Crippen LogP contribution in [0.2, 0.25) is 0 Å². The van der Waals surface area contributed by atoms with Crippen molar-refractivity contribution >= 4 is 5.78 Å². The fourth-order valence-electron chi connectivity index (χ4n) is 1.36. The topological polar surface area (TPSA) is 35.5 Å². The van der Waals surface area contributed by atoms with E-state index in [9.17, 15) is 4.79 Å². The van der Waals surface area contributed by atoms with Gasteiger partial charge in [0.1, 0.15) is 12.7 Å². The predicted octanol–water partition coefficient (Wildman–Crippen LogP) is 1.17. The Balaban J connectivity index is 1.85. The van der Waals surface area contributed by atoms with Crippen molar-refractivity contribution in [3.05, 3.63) is 35.9 Å². The summed E-state index contributed by atoms with van der Waals surface area (Å²) in [6.45, 7) is 1.06. The lowest BCUT2D eigenvalue weighted by Crippen LogP contribution is -2.21. The largest absolute Gasteiger partial charge is 0.370 e. The molecule has 74 valence electrons. The SMILES string of the molecule is O=C1COC[C@@H]1OCc1ccccc1. The van der Waals surface area contributed by atoms with Gasteiger partial charge < -0.3 is 9.47 Å². The summed E-state index contributed by atoms with van der Waals surface area (Å²) in [5.41, 5.74) is 1.08. The van der Waals surface area contributed by atoms with Crippen molar-refractivity contribution in [1.29, 1.82) is 0 Å². The second-order valence-electron chi connectivity index (χ2n) is 3.27. The number of rotatable bonds is 3. The first-order valence-corrected chi connectivity index (χ1v) is 4.62. The molecule has 1 heterocycles. The van der Waals surface area contributed by atoms with Gasteiger partial charge in [-0.1, -0.05) is 30.3 Å². The third kappa shape index (κ3) is 2.19. The minimum absolute atomic E-state index is 0.0425. The Morgan fingerprint density at radius 1 is 1.36 bits per heavy atom. The summed E-state index contributed by atoms with van der Waals surface area (Å²) in [7, 11) is 0. The molecule has 0 radical (unpaired) electrons. The van der Waals surface area contributed by atoms with E-state index in [1.54, 1.807) is 0 Å². The van der Waals surface area contributed by atoms with E-state index in [1.165, 1.54) is 0 Å². The highest BCUT2D eigenvalue weighted by atomic mass is 16.6. The third-order valence-electron chi connectivity index (χ3n) is 2.17. The molecule has 1 atom stereocenters. The number of Topliss-reactive ketones (excluding diaryl/α,β-unsaturated/α-hetero) is 1. The summed E-state index contributed by atoms with van der Waals surface area (Å²) in [5.74, 6) is 0.0425. The summed E-state index contributed by atoms with van der Waals surface area (Å²) in [6.07, 6.45) is -0.366. The lowest BCUT2D eigenvalue weighted by Gasteiger charge is -2.08. The zero-order valence-corrected chi connectivity index (χ0v) is 7.81. The lowest BCUT2D eigenvalue weighted by atomic mass is 10.2. The summed E-state index contributed by atoms with van der Waals surface area (Å²) >= 11 is 0. The second-order valence-corrected chi connectivity index (χ2v) is 3.27. The normalized spacial score (nSPS) is 21.4. The van der Waals surface area contributed by atoms with Gasteiger partial charge in [-0.05, 0) is 5.56 Å². The van der Waals surface area contributed by atoms with Crippen LogP contribution in [0, 0.1) is 0 Å². The molecule has 0 amide bonds. The molecule has 1 aliphatic heterocycles. The predicted molar refractivity (Wildman–Crippen MR) is 50.8 cm³/mol. The molecule has 1 aromatic carbocycles. The summed E-state index contributed by atoms with van der Waals surface area (Å²) in [5, 5.41) is 0.